The van der Waals surface area contributed by atoms with Gasteiger partial charge in [-0.05, 0) is 52.6 Å². The Balaban J connectivity index is 1.48. The molecule has 0 fully saturated rings. The molecule has 0 amide bonds. The van der Waals surface area contributed by atoms with Crippen molar-refractivity contribution in [1.82, 2.24) is 25.5 Å². The monoisotopic (exact) mass is 381 g/mol. The molecule has 0 aliphatic rings. The Bertz CT molecular complexity index is 849. The highest BCUT2D eigenvalue weighted by molar-refractivity contribution is 5.36. The number of nitrogens with zero attached hydrogens (tertiary/aromatic N) is 4. The van der Waals surface area contributed by atoms with Gasteiger partial charge in [-0.2, -0.15) is 0 Å². The first-order valence-corrected chi connectivity index (χ1v) is 9.51. The van der Waals surface area contributed by atoms with E-state index in [9.17, 15) is 5.11 Å². The summed E-state index contributed by atoms with van der Waals surface area (Å²) in [4.78, 5) is 0. The Morgan fingerprint density at radius 2 is 1.82 bits per heavy atom. The zero-order chi connectivity index (χ0) is 19.9. The maximum absolute atomic E-state index is 10.3. The van der Waals surface area contributed by atoms with Crippen molar-refractivity contribution in [2.45, 2.75) is 38.8 Å². The van der Waals surface area contributed by atoms with Gasteiger partial charge in [0.15, 0.2) is 0 Å². The van der Waals surface area contributed by atoms with Crippen LogP contribution >= 0.6 is 0 Å². The second kappa shape index (κ2) is 9.43. The van der Waals surface area contributed by atoms with Crippen LogP contribution in [0.4, 0.5) is 0 Å². The van der Waals surface area contributed by atoms with E-state index in [-0.39, 0.29) is 12.6 Å². The van der Waals surface area contributed by atoms with Crippen LogP contribution in [0.3, 0.4) is 0 Å². The maximum atomic E-state index is 10.3. The van der Waals surface area contributed by atoms with Crippen LogP contribution in [-0.2, 0) is 0 Å². The van der Waals surface area contributed by atoms with Crippen molar-refractivity contribution in [1.29, 1.82) is 0 Å². The van der Waals surface area contributed by atoms with E-state index in [0.29, 0.717) is 12.5 Å². The molecule has 2 N–H and O–H groups in total. The normalized spacial score (nSPS) is 13.5. The SMILES string of the molecule is CC(C)c1ccccc1OCC(O)CNC(C)c1ccc(-n2cnnn2)cc1. The van der Waals surface area contributed by atoms with Gasteiger partial charge in [0.2, 0.25) is 0 Å². The number of rotatable bonds is 9. The van der Waals surface area contributed by atoms with E-state index in [1.807, 2.05) is 42.5 Å². The molecule has 1 heterocycles. The number of hydrogen-bond acceptors (Lipinski definition) is 6. The summed E-state index contributed by atoms with van der Waals surface area (Å²) >= 11 is 0. The predicted molar refractivity (Wildman–Crippen MR) is 108 cm³/mol. The van der Waals surface area contributed by atoms with E-state index in [1.165, 1.54) is 0 Å². The summed E-state index contributed by atoms with van der Waals surface area (Å²) < 4.78 is 7.45. The molecule has 3 rings (SSSR count). The zero-order valence-electron chi connectivity index (χ0n) is 16.5. The molecule has 0 aliphatic heterocycles. The van der Waals surface area contributed by atoms with Crippen LogP contribution in [0.25, 0.3) is 5.69 Å². The van der Waals surface area contributed by atoms with Gasteiger partial charge < -0.3 is 15.2 Å². The first-order valence-electron chi connectivity index (χ1n) is 9.51. The van der Waals surface area contributed by atoms with E-state index >= 15 is 0 Å². The van der Waals surface area contributed by atoms with Gasteiger partial charge in [-0.15, -0.1) is 5.10 Å². The van der Waals surface area contributed by atoms with E-state index in [1.54, 1.807) is 11.0 Å². The van der Waals surface area contributed by atoms with Crippen molar-refractivity contribution in [2.75, 3.05) is 13.2 Å². The van der Waals surface area contributed by atoms with E-state index in [2.05, 4.69) is 47.7 Å². The third kappa shape index (κ3) is 5.15. The average Bonchev–Trinajstić information content (AvgIpc) is 3.25. The minimum atomic E-state index is -0.594. The molecule has 7 nitrogen and oxygen atoms in total. The molecule has 28 heavy (non-hydrogen) atoms. The van der Waals surface area contributed by atoms with Crippen LogP contribution in [0, 0.1) is 0 Å². The van der Waals surface area contributed by atoms with Crippen molar-refractivity contribution in [3.05, 3.63) is 66.0 Å². The molecule has 0 saturated heterocycles. The second-order valence-electron chi connectivity index (χ2n) is 7.13. The van der Waals surface area contributed by atoms with Crippen molar-refractivity contribution < 1.29 is 9.84 Å². The van der Waals surface area contributed by atoms with E-state index in [0.717, 1.165) is 22.6 Å². The molecular formula is C21H27N5O2. The summed E-state index contributed by atoms with van der Waals surface area (Å²) in [6.07, 6.45) is 0.966. The number of tetrazole rings is 1. The summed E-state index contributed by atoms with van der Waals surface area (Å²) in [6, 6.07) is 16.0. The van der Waals surface area contributed by atoms with E-state index < -0.39 is 6.10 Å². The van der Waals surface area contributed by atoms with Crippen LogP contribution in [0.15, 0.2) is 54.9 Å². The van der Waals surface area contributed by atoms with Crippen LogP contribution in [0.1, 0.15) is 43.9 Å². The standard InChI is InChI=1S/C21H27N5O2/c1-15(2)20-6-4-5-7-21(20)28-13-19(27)12-22-16(3)17-8-10-18(11-9-17)26-14-23-24-25-26/h4-11,14-16,19,22,27H,12-13H2,1-3H3. The molecule has 0 spiro atoms. The highest BCUT2D eigenvalue weighted by atomic mass is 16.5. The van der Waals surface area contributed by atoms with Crippen LogP contribution in [0.2, 0.25) is 0 Å². The number of aliphatic hydroxyl groups excluding tert-OH is 1. The van der Waals surface area contributed by atoms with Crippen LogP contribution < -0.4 is 10.1 Å². The van der Waals surface area contributed by atoms with Gasteiger partial charge in [0, 0.05) is 12.6 Å². The van der Waals surface area contributed by atoms with Crippen LogP contribution in [-0.4, -0.2) is 44.6 Å². The van der Waals surface area contributed by atoms with Gasteiger partial charge in [-0.25, -0.2) is 4.68 Å². The molecule has 2 aromatic carbocycles. The summed E-state index contributed by atoms with van der Waals surface area (Å²) in [5, 5.41) is 24.8. The lowest BCUT2D eigenvalue weighted by Crippen LogP contribution is -2.33. The van der Waals surface area contributed by atoms with E-state index in [4.69, 9.17) is 4.74 Å². The number of hydrogen-bond donors (Lipinski definition) is 2. The van der Waals surface area contributed by atoms with Gasteiger partial charge >= 0.3 is 0 Å². The summed E-state index contributed by atoms with van der Waals surface area (Å²) in [5.74, 6) is 1.21. The third-order valence-electron chi connectivity index (χ3n) is 4.64. The summed E-state index contributed by atoms with van der Waals surface area (Å²) in [6.45, 7) is 7.02. The van der Waals surface area contributed by atoms with Gasteiger partial charge in [-0.3, -0.25) is 0 Å². The molecule has 3 aromatic rings. The highest BCUT2D eigenvalue weighted by Crippen LogP contribution is 2.25. The number of aromatic nitrogens is 4. The fourth-order valence-electron chi connectivity index (χ4n) is 2.96. The fraction of sp³-hybridized carbons (Fsp3) is 0.381. The molecule has 0 aliphatic carbocycles. The smallest absolute Gasteiger partial charge is 0.143 e. The molecule has 0 radical (unpaired) electrons. The average molecular weight is 381 g/mol. The minimum absolute atomic E-state index is 0.0977. The quantitative estimate of drug-likeness (QED) is 0.593. The van der Waals surface area contributed by atoms with Gasteiger partial charge in [0.1, 0.15) is 24.8 Å². The van der Waals surface area contributed by atoms with Gasteiger partial charge in [-0.1, -0.05) is 44.2 Å². The predicted octanol–water partition coefficient (Wildman–Crippen LogP) is 2.88. The molecule has 148 valence electrons. The highest BCUT2D eigenvalue weighted by Gasteiger charge is 2.12. The zero-order valence-corrected chi connectivity index (χ0v) is 16.5. The van der Waals surface area contributed by atoms with Crippen molar-refractivity contribution >= 4 is 0 Å². The lowest BCUT2D eigenvalue weighted by Gasteiger charge is -2.19. The lowest BCUT2D eigenvalue weighted by molar-refractivity contribution is 0.103. The Morgan fingerprint density at radius 1 is 1.07 bits per heavy atom. The van der Waals surface area contributed by atoms with Gasteiger partial charge in [0.05, 0.1) is 5.69 Å². The largest absolute Gasteiger partial charge is 0.491 e. The first-order chi connectivity index (χ1) is 13.5. The van der Waals surface area contributed by atoms with Crippen molar-refractivity contribution in [3.8, 4) is 11.4 Å². The number of ether oxygens (including phenoxy) is 1. The number of aliphatic hydroxyl groups is 1. The first kappa shape index (κ1) is 20.0. The second-order valence-corrected chi connectivity index (χ2v) is 7.13. The lowest BCUT2D eigenvalue weighted by atomic mass is 10.0. The summed E-state index contributed by atoms with van der Waals surface area (Å²) in [7, 11) is 0. The Labute approximate surface area is 165 Å². The number of benzene rings is 2. The number of para-hydroxylation sites is 1. The minimum Gasteiger partial charge on any atom is -0.491 e. The van der Waals surface area contributed by atoms with Crippen molar-refractivity contribution in [3.63, 3.8) is 0 Å². The Morgan fingerprint density at radius 3 is 2.50 bits per heavy atom. The molecule has 0 saturated carbocycles. The van der Waals surface area contributed by atoms with Crippen LogP contribution in [0.5, 0.6) is 5.75 Å². The van der Waals surface area contributed by atoms with Gasteiger partial charge in [0.25, 0.3) is 0 Å². The molecule has 2 unspecified atom stereocenters. The number of nitrogens with one attached hydrogen (secondary N) is 1. The molecular weight excluding hydrogens is 354 g/mol. The molecule has 1 aromatic heterocycles. The molecule has 7 heteroatoms. The third-order valence-corrected chi connectivity index (χ3v) is 4.64. The Hall–Kier alpha value is -2.77. The Kier molecular flexibility index (Phi) is 6.73. The summed E-state index contributed by atoms with van der Waals surface area (Å²) in [5.41, 5.74) is 3.17. The van der Waals surface area contributed by atoms with Crippen molar-refractivity contribution in [2.24, 2.45) is 0 Å². The topological polar surface area (TPSA) is 85.1 Å². The molecule has 0 bridgehead atoms. The molecule has 2 atom stereocenters. The maximum Gasteiger partial charge on any atom is 0.143 e. The fourth-order valence-corrected chi connectivity index (χ4v) is 2.96.